The van der Waals surface area contributed by atoms with E-state index in [1.165, 1.54) is 22.7 Å². The van der Waals surface area contributed by atoms with Crippen LogP contribution in [0.25, 0.3) is 0 Å². The Bertz CT molecular complexity index is 284. The summed E-state index contributed by atoms with van der Waals surface area (Å²) in [5, 5.41) is 4.48. The zero-order chi connectivity index (χ0) is 9.97. The highest BCUT2D eigenvalue weighted by molar-refractivity contribution is 7.11. The lowest BCUT2D eigenvalue weighted by atomic mass is 10.3. The first-order valence-electron chi connectivity index (χ1n) is 4.97. The highest BCUT2D eigenvalue weighted by Gasteiger charge is 2.28. The molecule has 0 aromatic carbocycles. The maximum Gasteiger partial charge on any atom is 0.0963 e. The third kappa shape index (κ3) is 2.13. The Morgan fingerprint density at radius 1 is 1.57 bits per heavy atom. The van der Waals surface area contributed by atoms with Crippen molar-refractivity contribution in [2.24, 2.45) is 0 Å². The number of ether oxygens (including phenoxy) is 1. The molecule has 4 heteroatoms. The molecule has 0 spiro atoms. The molecule has 1 aromatic rings. The molecule has 0 unspecified atom stereocenters. The molecule has 1 fully saturated rings. The molecule has 0 amide bonds. The van der Waals surface area contributed by atoms with E-state index in [1.54, 1.807) is 7.11 Å². The first-order valence-corrected chi connectivity index (χ1v) is 5.78. The zero-order valence-corrected chi connectivity index (χ0v) is 9.49. The van der Waals surface area contributed by atoms with Crippen LogP contribution in [0.5, 0.6) is 0 Å². The maximum absolute atomic E-state index is 5.14. The van der Waals surface area contributed by atoms with Crippen LogP contribution in [-0.4, -0.2) is 19.1 Å². The van der Waals surface area contributed by atoms with Crippen molar-refractivity contribution in [2.75, 3.05) is 14.2 Å². The van der Waals surface area contributed by atoms with Gasteiger partial charge in [-0.25, -0.2) is 4.98 Å². The second kappa shape index (κ2) is 4.38. The molecule has 1 heterocycles. The van der Waals surface area contributed by atoms with Gasteiger partial charge < -0.3 is 10.1 Å². The van der Waals surface area contributed by atoms with Crippen LogP contribution in [0.4, 0.5) is 0 Å². The number of hydrogen-bond donors (Lipinski definition) is 1. The minimum Gasteiger partial charge on any atom is -0.378 e. The minimum atomic E-state index is 0.639. The molecule has 0 aliphatic heterocycles. The fourth-order valence-electron chi connectivity index (χ4n) is 1.46. The highest BCUT2D eigenvalue weighted by atomic mass is 32.1. The van der Waals surface area contributed by atoms with Gasteiger partial charge >= 0.3 is 0 Å². The van der Waals surface area contributed by atoms with E-state index in [4.69, 9.17) is 4.74 Å². The molecule has 1 aliphatic carbocycles. The number of rotatable bonds is 5. The lowest BCUT2D eigenvalue weighted by Crippen LogP contribution is -2.06. The van der Waals surface area contributed by atoms with Crippen LogP contribution in [0, 0.1) is 0 Å². The molecule has 0 bridgehead atoms. The van der Waals surface area contributed by atoms with Gasteiger partial charge in [-0.15, -0.1) is 11.3 Å². The van der Waals surface area contributed by atoms with Crippen molar-refractivity contribution < 1.29 is 4.74 Å². The topological polar surface area (TPSA) is 34.2 Å². The molecule has 0 atom stereocenters. The number of hydrogen-bond acceptors (Lipinski definition) is 4. The van der Waals surface area contributed by atoms with Crippen LogP contribution < -0.4 is 5.32 Å². The smallest absolute Gasteiger partial charge is 0.0963 e. The van der Waals surface area contributed by atoms with E-state index in [-0.39, 0.29) is 0 Å². The Kier molecular flexibility index (Phi) is 3.15. The predicted octanol–water partition coefficient (Wildman–Crippen LogP) is 1.89. The van der Waals surface area contributed by atoms with Crippen molar-refractivity contribution in [3.05, 3.63) is 15.6 Å². The van der Waals surface area contributed by atoms with Gasteiger partial charge in [0, 0.05) is 24.4 Å². The summed E-state index contributed by atoms with van der Waals surface area (Å²) in [6.45, 7) is 1.54. The number of thiazole rings is 1. The van der Waals surface area contributed by atoms with Crippen LogP contribution in [-0.2, 0) is 17.9 Å². The Hall–Kier alpha value is -0.450. The second-order valence-electron chi connectivity index (χ2n) is 3.66. The Labute approximate surface area is 88.5 Å². The molecule has 1 saturated carbocycles. The van der Waals surface area contributed by atoms with Gasteiger partial charge in [-0.05, 0) is 19.9 Å². The lowest BCUT2D eigenvalue weighted by molar-refractivity contribution is 0.181. The summed E-state index contributed by atoms with van der Waals surface area (Å²) in [4.78, 5) is 5.96. The van der Waals surface area contributed by atoms with E-state index in [9.17, 15) is 0 Å². The van der Waals surface area contributed by atoms with Crippen molar-refractivity contribution in [1.82, 2.24) is 10.3 Å². The van der Waals surface area contributed by atoms with E-state index in [1.807, 2.05) is 18.4 Å². The van der Waals surface area contributed by atoms with Gasteiger partial charge in [0.25, 0.3) is 0 Å². The van der Waals surface area contributed by atoms with Crippen molar-refractivity contribution in [1.29, 1.82) is 0 Å². The summed E-state index contributed by atoms with van der Waals surface area (Å²) in [7, 11) is 3.69. The molecule has 1 N–H and O–H groups in total. The second-order valence-corrected chi connectivity index (χ2v) is 4.77. The summed E-state index contributed by atoms with van der Waals surface area (Å²) in [6.07, 6.45) is 2.64. The van der Waals surface area contributed by atoms with Crippen LogP contribution in [0.2, 0.25) is 0 Å². The van der Waals surface area contributed by atoms with E-state index in [0.29, 0.717) is 6.61 Å². The van der Waals surface area contributed by atoms with E-state index >= 15 is 0 Å². The van der Waals surface area contributed by atoms with Crippen LogP contribution in [0.3, 0.4) is 0 Å². The van der Waals surface area contributed by atoms with Crippen LogP contribution in [0.1, 0.15) is 34.3 Å². The van der Waals surface area contributed by atoms with Gasteiger partial charge in [-0.1, -0.05) is 0 Å². The molecule has 0 radical (unpaired) electrons. The van der Waals surface area contributed by atoms with Crippen molar-refractivity contribution in [3.63, 3.8) is 0 Å². The standard InChI is InChI=1S/C10H16N2OS/c1-11-5-9-8(6-13-2)12-10(14-9)7-3-4-7/h7,11H,3-6H2,1-2H3. The van der Waals surface area contributed by atoms with Gasteiger partial charge in [-0.2, -0.15) is 0 Å². The summed E-state index contributed by atoms with van der Waals surface area (Å²) in [6, 6.07) is 0. The Balaban J connectivity index is 2.16. The monoisotopic (exact) mass is 212 g/mol. The molecular weight excluding hydrogens is 196 g/mol. The Morgan fingerprint density at radius 2 is 2.36 bits per heavy atom. The quantitative estimate of drug-likeness (QED) is 0.809. The third-order valence-corrected chi connectivity index (χ3v) is 3.60. The molecule has 14 heavy (non-hydrogen) atoms. The number of nitrogens with zero attached hydrogens (tertiary/aromatic N) is 1. The molecular formula is C10H16N2OS. The summed E-state index contributed by atoms with van der Waals surface area (Å²) < 4.78 is 5.14. The first-order chi connectivity index (χ1) is 6.85. The van der Waals surface area contributed by atoms with Gasteiger partial charge in [-0.3, -0.25) is 0 Å². The van der Waals surface area contributed by atoms with Crippen molar-refractivity contribution in [3.8, 4) is 0 Å². The fourth-order valence-corrected chi connectivity index (χ4v) is 2.71. The molecule has 1 aromatic heterocycles. The van der Waals surface area contributed by atoms with E-state index in [0.717, 1.165) is 18.2 Å². The first kappa shape index (κ1) is 10.1. The average Bonchev–Trinajstić information content (AvgIpc) is 2.94. The molecule has 3 nitrogen and oxygen atoms in total. The average molecular weight is 212 g/mol. The van der Waals surface area contributed by atoms with Crippen LogP contribution in [0.15, 0.2) is 0 Å². The lowest BCUT2D eigenvalue weighted by Gasteiger charge is -1.98. The summed E-state index contributed by atoms with van der Waals surface area (Å²) in [5.74, 6) is 0.751. The largest absolute Gasteiger partial charge is 0.378 e. The minimum absolute atomic E-state index is 0.639. The summed E-state index contributed by atoms with van der Waals surface area (Å²) >= 11 is 1.84. The number of aromatic nitrogens is 1. The third-order valence-electron chi connectivity index (χ3n) is 2.34. The normalized spacial score (nSPS) is 16.1. The van der Waals surface area contributed by atoms with E-state index in [2.05, 4.69) is 10.3 Å². The zero-order valence-electron chi connectivity index (χ0n) is 8.67. The van der Waals surface area contributed by atoms with Gasteiger partial charge in [0.2, 0.25) is 0 Å². The fraction of sp³-hybridized carbons (Fsp3) is 0.700. The van der Waals surface area contributed by atoms with E-state index < -0.39 is 0 Å². The number of methoxy groups -OCH3 is 1. The van der Waals surface area contributed by atoms with Gasteiger partial charge in [0.15, 0.2) is 0 Å². The van der Waals surface area contributed by atoms with Crippen LogP contribution >= 0.6 is 11.3 Å². The summed E-state index contributed by atoms with van der Waals surface area (Å²) in [5.41, 5.74) is 1.12. The SMILES string of the molecule is CNCc1sc(C2CC2)nc1COC. The maximum atomic E-state index is 5.14. The molecule has 2 rings (SSSR count). The number of nitrogens with one attached hydrogen (secondary N) is 1. The molecule has 0 saturated heterocycles. The highest BCUT2D eigenvalue weighted by Crippen LogP contribution is 2.42. The van der Waals surface area contributed by atoms with Crippen molar-refractivity contribution >= 4 is 11.3 Å². The Morgan fingerprint density at radius 3 is 2.93 bits per heavy atom. The van der Waals surface area contributed by atoms with Crippen molar-refractivity contribution in [2.45, 2.75) is 31.9 Å². The van der Waals surface area contributed by atoms with Gasteiger partial charge in [0.1, 0.15) is 0 Å². The molecule has 1 aliphatic rings. The predicted molar refractivity (Wildman–Crippen MR) is 57.6 cm³/mol. The van der Waals surface area contributed by atoms with Gasteiger partial charge in [0.05, 0.1) is 17.3 Å². The molecule has 78 valence electrons.